The van der Waals surface area contributed by atoms with Crippen LogP contribution in [0.15, 0.2) is 18.2 Å². The molecule has 0 saturated heterocycles. The van der Waals surface area contributed by atoms with Gasteiger partial charge in [0.25, 0.3) is 0 Å². The number of hydrogen-bond acceptors (Lipinski definition) is 2. The maximum absolute atomic E-state index is 9.41. The average molecular weight is 233 g/mol. The molecule has 17 heavy (non-hydrogen) atoms. The van der Waals surface area contributed by atoms with E-state index in [2.05, 4.69) is 30.1 Å². The molecule has 0 spiro atoms. The Morgan fingerprint density at radius 3 is 2.94 bits per heavy atom. The third-order valence-electron chi connectivity index (χ3n) is 3.66. The molecule has 1 aliphatic heterocycles. The van der Waals surface area contributed by atoms with Gasteiger partial charge >= 0.3 is 0 Å². The second-order valence-corrected chi connectivity index (χ2v) is 5.18. The van der Waals surface area contributed by atoms with Crippen molar-refractivity contribution in [1.29, 1.82) is 0 Å². The summed E-state index contributed by atoms with van der Waals surface area (Å²) in [6.07, 6.45) is 5.41. The van der Waals surface area contributed by atoms with E-state index < -0.39 is 0 Å². The minimum atomic E-state index is -0.200. The highest BCUT2D eigenvalue weighted by molar-refractivity contribution is 5.57. The van der Waals surface area contributed by atoms with Crippen molar-refractivity contribution in [3.63, 3.8) is 0 Å². The SMILES string of the molecule is CC(O)CCc1cccc2c1CCCCN2C. The molecule has 0 bridgehead atoms. The van der Waals surface area contributed by atoms with Crippen LogP contribution in [-0.4, -0.2) is 24.8 Å². The van der Waals surface area contributed by atoms with Crippen LogP contribution >= 0.6 is 0 Å². The minimum absolute atomic E-state index is 0.200. The maximum atomic E-state index is 9.41. The molecule has 0 radical (unpaired) electrons. The number of nitrogens with zero attached hydrogens (tertiary/aromatic N) is 1. The number of rotatable bonds is 3. The number of aryl methyl sites for hydroxylation is 1. The smallest absolute Gasteiger partial charge is 0.0515 e. The summed E-state index contributed by atoms with van der Waals surface area (Å²) < 4.78 is 0. The largest absolute Gasteiger partial charge is 0.393 e. The van der Waals surface area contributed by atoms with Crippen molar-refractivity contribution in [3.05, 3.63) is 29.3 Å². The Kier molecular flexibility index (Phi) is 4.06. The maximum Gasteiger partial charge on any atom is 0.0515 e. The molecule has 1 heterocycles. The van der Waals surface area contributed by atoms with E-state index in [-0.39, 0.29) is 6.10 Å². The summed E-state index contributed by atoms with van der Waals surface area (Å²) in [7, 11) is 2.18. The van der Waals surface area contributed by atoms with Gasteiger partial charge in [0.15, 0.2) is 0 Å². The van der Waals surface area contributed by atoms with Crippen LogP contribution in [0.25, 0.3) is 0 Å². The second-order valence-electron chi connectivity index (χ2n) is 5.18. The summed E-state index contributed by atoms with van der Waals surface area (Å²) in [4.78, 5) is 2.37. The Labute approximate surface area is 104 Å². The standard InChI is InChI=1S/C15H23NO/c1-12(17)9-10-13-6-5-8-15-14(13)7-3-4-11-16(15)2/h5-6,8,12,17H,3-4,7,9-11H2,1-2H3. The molecule has 0 aliphatic carbocycles. The molecule has 0 fully saturated rings. The average Bonchev–Trinajstić information content (AvgIpc) is 2.49. The van der Waals surface area contributed by atoms with Crippen molar-refractivity contribution < 1.29 is 5.11 Å². The Morgan fingerprint density at radius 1 is 1.35 bits per heavy atom. The van der Waals surface area contributed by atoms with Gasteiger partial charge in [0.1, 0.15) is 0 Å². The van der Waals surface area contributed by atoms with Crippen LogP contribution in [0.1, 0.15) is 37.3 Å². The first-order valence-corrected chi connectivity index (χ1v) is 6.68. The first-order valence-electron chi connectivity index (χ1n) is 6.68. The van der Waals surface area contributed by atoms with Gasteiger partial charge in [-0.25, -0.2) is 0 Å². The normalized spacial score (nSPS) is 17.5. The van der Waals surface area contributed by atoms with Crippen molar-refractivity contribution >= 4 is 5.69 Å². The van der Waals surface area contributed by atoms with E-state index in [9.17, 15) is 5.11 Å². The first kappa shape index (κ1) is 12.4. The Bertz CT molecular complexity index is 373. The highest BCUT2D eigenvalue weighted by atomic mass is 16.3. The molecule has 1 aromatic carbocycles. The predicted molar refractivity (Wildman–Crippen MR) is 72.7 cm³/mol. The number of aliphatic hydroxyl groups excluding tert-OH is 1. The lowest BCUT2D eigenvalue weighted by Crippen LogP contribution is -2.18. The molecule has 1 aliphatic rings. The fraction of sp³-hybridized carbons (Fsp3) is 0.600. The molecule has 0 aromatic heterocycles. The summed E-state index contributed by atoms with van der Waals surface area (Å²) in [5.74, 6) is 0. The fourth-order valence-electron chi connectivity index (χ4n) is 2.64. The van der Waals surface area contributed by atoms with Gasteiger partial charge in [0, 0.05) is 19.3 Å². The Morgan fingerprint density at radius 2 is 2.18 bits per heavy atom. The molecule has 0 amide bonds. The molecule has 2 nitrogen and oxygen atoms in total. The molecule has 2 rings (SSSR count). The van der Waals surface area contributed by atoms with E-state index in [0.717, 1.165) is 19.4 Å². The molecule has 1 N–H and O–H groups in total. The van der Waals surface area contributed by atoms with Gasteiger partial charge in [-0.05, 0) is 56.2 Å². The van der Waals surface area contributed by atoms with Gasteiger partial charge in [-0.3, -0.25) is 0 Å². The van der Waals surface area contributed by atoms with E-state index >= 15 is 0 Å². The quantitative estimate of drug-likeness (QED) is 0.867. The molecule has 94 valence electrons. The first-order chi connectivity index (χ1) is 8.18. The molecule has 0 saturated carbocycles. The van der Waals surface area contributed by atoms with Crippen molar-refractivity contribution in [2.24, 2.45) is 0 Å². The lowest BCUT2D eigenvalue weighted by atomic mass is 9.96. The molecule has 2 heteroatoms. The fourth-order valence-corrected chi connectivity index (χ4v) is 2.64. The minimum Gasteiger partial charge on any atom is -0.393 e. The lowest BCUT2D eigenvalue weighted by Gasteiger charge is -2.21. The van der Waals surface area contributed by atoms with Crippen LogP contribution in [0.3, 0.4) is 0 Å². The van der Waals surface area contributed by atoms with Gasteiger partial charge in [-0.1, -0.05) is 12.1 Å². The summed E-state index contributed by atoms with van der Waals surface area (Å²) in [6.45, 7) is 3.03. The Balaban J connectivity index is 2.24. The summed E-state index contributed by atoms with van der Waals surface area (Å²) in [6, 6.07) is 6.60. The highest BCUT2D eigenvalue weighted by Gasteiger charge is 2.15. The van der Waals surface area contributed by atoms with Crippen LogP contribution in [-0.2, 0) is 12.8 Å². The molecule has 1 unspecified atom stereocenters. The van der Waals surface area contributed by atoms with Gasteiger partial charge in [-0.15, -0.1) is 0 Å². The van der Waals surface area contributed by atoms with Crippen LogP contribution in [0, 0.1) is 0 Å². The number of benzene rings is 1. The summed E-state index contributed by atoms with van der Waals surface area (Å²) in [5, 5.41) is 9.41. The van der Waals surface area contributed by atoms with Gasteiger partial charge in [-0.2, -0.15) is 0 Å². The van der Waals surface area contributed by atoms with Gasteiger partial charge in [0.05, 0.1) is 6.10 Å². The molecular formula is C15H23NO. The zero-order valence-corrected chi connectivity index (χ0v) is 10.9. The van der Waals surface area contributed by atoms with Crippen molar-refractivity contribution in [3.8, 4) is 0 Å². The van der Waals surface area contributed by atoms with E-state index in [4.69, 9.17) is 0 Å². The highest BCUT2D eigenvalue weighted by Crippen LogP contribution is 2.29. The van der Waals surface area contributed by atoms with Crippen LogP contribution in [0.2, 0.25) is 0 Å². The number of hydrogen-bond donors (Lipinski definition) is 1. The second kappa shape index (κ2) is 5.54. The number of aliphatic hydroxyl groups is 1. The van der Waals surface area contributed by atoms with Gasteiger partial charge < -0.3 is 10.0 Å². The third-order valence-corrected chi connectivity index (χ3v) is 3.66. The summed E-state index contributed by atoms with van der Waals surface area (Å²) >= 11 is 0. The molecule has 1 atom stereocenters. The zero-order chi connectivity index (χ0) is 12.3. The van der Waals surface area contributed by atoms with Crippen molar-refractivity contribution in [2.45, 2.75) is 45.1 Å². The zero-order valence-electron chi connectivity index (χ0n) is 10.9. The van der Waals surface area contributed by atoms with E-state index in [1.807, 2.05) is 6.92 Å². The number of anilines is 1. The van der Waals surface area contributed by atoms with Crippen LogP contribution < -0.4 is 4.90 Å². The van der Waals surface area contributed by atoms with Gasteiger partial charge in [0.2, 0.25) is 0 Å². The number of fused-ring (bicyclic) bond motifs is 1. The van der Waals surface area contributed by atoms with E-state index in [1.165, 1.54) is 36.1 Å². The molecular weight excluding hydrogens is 210 g/mol. The van der Waals surface area contributed by atoms with Crippen LogP contribution in [0.4, 0.5) is 5.69 Å². The lowest BCUT2D eigenvalue weighted by molar-refractivity contribution is 0.185. The summed E-state index contributed by atoms with van der Waals surface area (Å²) in [5.41, 5.74) is 4.33. The third kappa shape index (κ3) is 3.01. The predicted octanol–water partition coefficient (Wildman–Crippen LogP) is 2.77. The topological polar surface area (TPSA) is 23.5 Å². The van der Waals surface area contributed by atoms with Crippen LogP contribution in [0.5, 0.6) is 0 Å². The van der Waals surface area contributed by atoms with Crippen molar-refractivity contribution in [2.75, 3.05) is 18.5 Å². The molecule has 1 aromatic rings. The van der Waals surface area contributed by atoms with E-state index in [1.54, 1.807) is 0 Å². The monoisotopic (exact) mass is 233 g/mol. The Hall–Kier alpha value is -1.02. The van der Waals surface area contributed by atoms with Crippen molar-refractivity contribution in [1.82, 2.24) is 0 Å². The van der Waals surface area contributed by atoms with E-state index in [0.29, 0.717) is 0 Å².